The summed E-state index contributed by atoms with van der Waals surface area (Å²) in [4.78, 5) is 0. The van der Waals surface area contributed by atoms with E-state index in [2.05, 4.69) is 70.8 Å². The molecule has 1 rings (SSSR count). The van der Waals surface area contributed by atoms with Crippen LogP contribution in [-0.2, 0) is 5.41 Å². The molecule has 1 aromatic rings. The quantitative estimate of drug-likeness (QED) is 0.710. The lowest BCUT2D eigenvalue weighted by Gasteiger charge is -2.22. The Labute approximate surface area is 119 Å². The lowest BCUT2D eigenvalue weighted by molar-refractivity contribution is 0.458. The topological polar surface area (TPSA) is 12.0 Å². The van der Waals surface area contributed by atoms with Crippen LogP contribution in [0.3, 0.4) is 0 Å². The Morgan fingerprint density at radius 2 is 1.74 bits per heavy atom. The van der Waals surface area contributed by atoms with E-state index >= 15 is 0 Å². The second-order valence-corrected chi connectivity index (χ2v) is 6.53. The van der Waals surface area contributed by atoms with Gasteiger partial charge in [-0.3, -0.25) is 0 Å². The lowest BCUT2D eigenvalue weighted by atomic mass is 9.86. The summed E-state index contributed by atoms with van der Waals surface area (Å²) in [5.41, 5.74) is 2.98. The molecule has 2 unspecified atom stereocenters. The van der Waals surface area contributed by atoms with Gasteiger partial charge in [-0.25, -0.2) is 0 Å². The summed E-state index contributed by atoms with van der Waals surface area (Å²) in [5, 5.41) is 3.64. The Bertz CT molecular complexity index is 383. The third kappa shape index (κ3) is 5.20. The molecule has 0 amide bonds. The minimum atomic E-state index is 0.229. The van der Waals surface area contributed by atoms with Gasteiger partial charge in [0.15, 0.2) is 0 Å². The minimum absolute atomic E-state index is 0.229. The molecule has 0 aliphatic rings. The first-order valence-corrected chi connectivity index (χ1v) is 7.32. The molecule has 1 heteroatoms. The SMILES string of the molecule is C=CCCC(C)NC(C)c1ccc(C(C)(C)C)cc1. The van der Waals surface area contributed by atoms with Gasteiger partial charge in [0.05, 0.1) is 0 Å². The van der Waals surface area contributed by atoms with Gasteiger partial charge in [0, 0.05) is 12.1 Å². The van der Waals surface area contributed by atoms with E-state index in [0.29, 0.717) is 12.1 Å². The van der Waals surface area contributed by atoms with Crippen LogP contribution < -0.4 is 5.32 Å². The van der Waals surface area contributed by atoms with Crippen molar-refractivity contribution < 1.29 is 0 Å². The van der Waals surface area contributed by atoms with Crippen LogP contribution >= 0.6 is 0 Å². The third-order valence-corrected chi connectivity index (χ3v) is 3.62. The Kier molecular flexibility index (Phi) is 5.81. The Balaban J connectivity index is 2.62. The molecule has 19 heavy (non-hydrogen) atoms. The van der Waals surface area contributed by atoms with Crippen molar-refractivity contribution in [2.24, 2.45) is 0 Å². The van der Waals surface area contributed by atoms with Crippen molar-refractivity contribution in [2.45, 2.75) is 65.0 Å². The van der Waals surface area contributed by atoms with Crippen molar-refractivity contribution in [3.05, 3.63) is 48.0 Å². The van der Waals surface area contributed by atoms with Gasteiger partial charge in [-0.2, -0.15) is 0 Å². The molecule has 106 valence electrons. The molecule has 0 saturated carbocycles. The molecule has 0 aromatic heterocycles. The van der Waals surface area contributed by atoms with Gasteiger partial charge < -0.3 is 5.32 Å². The Morgan fingerprint density at radius 1 is 1.16 bits per heavy atom. The van der Waals surface area contributed by atoms with Gasteiger partial charge in [-0.15, -0.1) is 6.58 Å². The largest absolute Gasteiger partial charge is 0.308 e. The van der Waals surface area contributed by atoms with Crippen molar-refractivity contribution in [1.82, 2.24) is 5.32 Å². The van der Waals surface area contributed by atoms with Crippen LogP contribution in [0.4, 0.5) is 0 Å². The molecule has 0 aliphatic carbocycles. The number of nitrogens with one attached hydrogen (secondary N) is 1. The maximum absolute atomic E-state index is 3.77. The van der Waals surface area contributed by atoms with Gasteiger partial charge in [-0.05, 0) is 43.2 Å². The Hall–Kier alpha value is -1.08. The molecule has 0 spiro atoms. The highest BCUT2D eigenvalue weighted by Gasteiger charge is 2.14. The standard InChI is InChI=1S/C18H29N/c1-7-8-9-14(2)19-15(3)16-10-12-17(13-11-16)18(4,5)6/h7,10-15,19H,1,8-9H2,2-6H3. The summed E-state index contributed by atoms with van der Waals surface area (Å²) in [7, 11) is 0. The normalized spacial score (nSPS) is 15.0. The highest BCUT2D eigenvalue weighted by Crippen LogP contribution is 2.24. The van der Waals surface area contributed by atoms with Crippen LogP contribution in [0, 0.1) is 0 Å². The predicted octanol–water partition coefficient (Wildman–Crippen LogP) is 4.99. The van der Waals surface area contributed by atoms with E-state index < -0.39 is 0 Å². The Morgan fingerprint density at radius 3 is 2.21 bits per heavy atom. The van der Waals surface area contributed by atoms with Crippen LogP contribution in [0.1, 0.15) is 64.6 Å². The van der Waals surface area contributed by atoms with Crippen LogP contribution in [-0.4, -0.2) is 6.04 Å². The fraction of sp³-hybridized carbons (Fsp3) is 0.556. The molecule has 2 atom stereocenters. The summed E-state index contributed by atoms with van der Waals surface area (Å²) < 4.78 is 0. The molecule has 0 heterocycles. The maximum atomic E-state index is 3.77. The second-order valence-electron chi connectivity index (χ2n) is 6.53. The number of rotatable bonds is 6. The maximum Gasteiger partial charge on any atom is 0.0294 e. The monoisotopic (exact) mass is 259 g/mol. The third-order valence-electron chi connectivity index (χ3n) is 3.62. The first kappa shape index (κ1) is 16.0. The van der Waals surface area contributed by atoms with E-state index in [1.165, 1.54) is 11.1 Å². The molecule has 0 radical (unpaired) electrons. The molecule has 0 saturated heterocycles. The first-order chi connectivity index (χ1) is 8.84. The van der Waals surface area contributed by atoms with Gasteiger partial charge in [0.2, 0.25) is 0 Å². The first-order valence-electron chi connectivity index (χ1n) is 7.32. The summed E-state index contributed by atoms with van der Waals surface area (Å²) in [5.74, 6) is 0. The molecule has 1 aromatic carbocycles. The molecule has 1 N–H and O–H groups in total. The lowest BCUT2D eigenvalue weighted by Crippen LogP contribution is -2.28. The van der Waals surface area contributed by atoms with Crippen molar-refractivity contribution in [3.8, 4) is 0 Å². The summed E-state index contributed by atoms with van der Waals surface area (Å²) >= 11 is 0. The van der Waals surface area contributed by atoms with Crippen molar-refractivity contribution >= 4 is 0 Å². The van der Waals surface area contributed by atoms with Gasteiger partial charge >= 0.3 is 0 Å². The van der Waals surface area contributed by atoms with Gasteiger partial charge in [-0.1, -0.05) is 51.1 Å². The van der Waals surface area contributed by atoms with Crippen molar-refractivity contribution in [2.75, 3.05) is 0 Å². The van der Waals surface area contributed by atoms with E-state index in [4.69, 9.17) is 0 Å². The average molecular weight is 259 g/mol. The van der Waals surface area contributed by atoms with Gasteiger partial charge in [0.25, 0.3) is 0 Å². The molecular weight excluding hydrogens is 230 g/mol. The molecule has 0 aliphatic heterocycles. The predicted molar refractivity (Wildman–Crippen MR) is 85.6 cm³/mol. The highest BCUT2D eigenvalue weighted by atomic mass is 14.9. The number of allylic oxidation sites excluding steroid dienone is 1. The molecule has 1 nitrogen and oxygen atoms in total. The van der Waals surface area contributed by atoms with Crippen molar-refractivity contribution in [1.29, 1.82) is 0 Å². The van der Waals surface area contributed by atoms with E-state index in [1.807, 2.05) is 6.08 Å². The zero-order valence-corrected chi connectivity index (χ0v) is 13.2. The van der Waals surface area contributed by atoms with E-state index in [9.17, 15) is 0 Å². The molecule has 0 fully saturated rings. The van der Waals surface area contributed by atoms with Crippen molar-refractivity contribution in [3.63, 3.8) is 0 Å². The van der Waals surface area contributed by atoms with E-state index in [1.54, 1.807) is 0 Å². The fourth-order valence-electron chi connectivity index (χ4n) is 2.25. The van der Waals surface area contributed by atoms with Crippen LogP contribution in [0.25, 0.3) is 0 Å². The summed E-state index contributed by atoms with van der Waals surface area (Å²) in [6.45, 7) is 15.0. The summed E-state index contributed by atoms with van der Waals surface area (Å²) in [6, 6.07) is 9.92. The van der Waals surface area contributed by atoms with Crippen LogP contribution in [0.2, 0.25) is 0 Å². The van der Waals surface area contributed by atoms with Crippen LogP contribution in [0.15, 0.2) is 36.9 Å². The molecular formula is C18H29N. The second kappa shape index (κ2) is 6.91. The van der Waals surface area contributed by atoms with E-state index in [-0.39, 0.29) is 5.41 Å². The van der Waals surface area contributed by atoms with Gasteiger partial charge in [0.1, 0.15) is 0 Å². The number of benzene rings is 1. The van der Waals surface area contributed by atoms with Crippen LogP contribution in [0.5, 0.6) is 0 Å². The smallest absolute Gasteiger partial charge is 0.0294 e. The minimum Gasteiger partial charge on any atom is -0.308 e. The number of hydrogen-bond donors (Lipinski definition) is 1. The zero-order valence-electron chi connectivity index (χ0n) is 13.2. The number of hydrogen-bond acceptors (Lipinski definition) is 1. The highest BCUT2D eigenvalue weighted by molar-refractivity contribution is 5.29. The van der Waals surface area contributed by atoms with E-state index in [0.717, 1.165) is 12.8 Å². The summed E-state index contributed by atoms with van der Waals surface area (Å²) in [6.07, 6.45) is 4.21. The average Bonchev–Trinajstić information content (AvgIpc) is 2.35. The molecule has 0 bridgehead atoms. The zero-order chi connectivity index (χ0) is 14.5. The fourth-order valence-corrected chi connectivity index (χ4v) is 2.25.